The lowest BCUT2D eigenvalue weighted by Crippen LogP contribution is -2.22. The predicted molar refractivity (Wildman–Crippen MR) is 105 cm³/mol. The average Bonchev–Trinajstić information content (AvgIpc) is 2.69. The summed E-state index contributed by atoms with van der Waals surface area (Å²) in [6.45, 7) is 4.38. The summed E-state index contributed by atoms with van der Waals surface area (Å²) in [7, 11) is 1.51. The van der Waals surface area contributed by atoms with Crippen LogP contribution >= 0.6 is 0 Å². The highest BCUT2D eigenvalue weighted by atomic mass is 16.5. The lowest BCUT2D eigenvalue weighted by molar-refractivity contribution is -0.146. The van der Waals surface area contributed by atoms with Crippen molar-refractivity contribution in [1.29, 1.82) is 0 Å². The van der Waals surface area contributed by atoms with Crippen molar-refractivity contribution in [3.8, 4) is 17.2 Å². The zero-order valence-electron chi connectivity index (χ0n) is 16.3. The van der Waals surface area contributed by atoms with Crippen molar-refractivity contribution in [3.05, 3.63) is 48.0 Å². The van der Waals surface area contributed by atoms with Gasteiger partial charge in [-0.1, -0.05) is 18.2 Å². The average molecular weight is 387 g/mol. The normalized spacial score (nSPS) is 10.1. The smallest absolute Gasteiger partial charge is 0.310 e. The number of benzene rings is 2. The van der Waals surface area contributed by atoms with E-state index >= 15 is 0 Å². The molecule has 28 heavy (non-hydrogen) atoms. The van der Waals surface area contributed by atoms with Gasteiger partial charge in [-0.15, -0.1) is 0 Å². The minimum Gasteiger partial charge on any atom is -0.495 e. The molecule has 2 aromatic carbocycles. The lowest BCUT2D eigenvalue weighted by atomic mass is 10.1. The van der Waals surface area contributed by atoms with E-state index in [4.69, 9.17) is 18.9 Å². The molecule has 2 rings (SSSR count). The predicted octanol–water partition coefficient (Wildman–Crippen LogP) is 3.22. The monoisotopic (exact) mass is 387 g/mol. The van der Waals surface area contributed by atoms with Gasteiger partial charge in [0.25, 0.3) is 5.91 Å². The number of esters is 1. The van der Waals surface area contributed by atoms with Gasteiger partial charge in [0.05, 0.1) is 32.4 Å². The fourth-order valence-electron chi connectivity index (χ4n) is 2.50. The van der Waals surface area contributed by atoms with E-state index < -0.39 is 11.9 Å². The Labute approximate surface area is 164 Å². The van der Waals surface area contributed by atoms with Crippen LogP contribution in [0.15, 0.2) is 42.5 Å². The van der Waals surface area contributed by atoms with Gasteiger partial charge in [0, 0.05) is 0 Å². The van der Waals surface area contributed by atoms with Gasteiger partial charge in [0.1, 0.15) is 5.75 Å². The SMILES string of the molecule is CCOc1ccc(CC(=O)OCC(=O)Nc2ccccc2OC)cc1OCC. The number of hydrogen-bond donors (Lipinski definition) is 1. The molecule has 150 valence electrons. The highest BCUT2D eigenvalue weighted by molar-refractivity contribution is 5.94. The summed E-state index contributed by atoms with van der Waals surface area (Å²) in [5.41, 5.74) is 1.22. The largest absolute Gasteiger partial charge is 0.495 e. The van der Waals surface area contributed by atoms with E-state index in [1.54, 1.807) is 42.5 Å². The van der Waals surface area contributed by atoms with Crippen LogP contribution < -0.4 is 19.5 Å². The van der Waals surface area contributed by atoms with Crippen LogP contribution in [0.25, 0.3) is 0 Å². The summed E-state index contributed by atoms with van der Waals surface area (Å²) in [6.07, 6.45) is 0.0222. The number of carbonyl (C=O) groups is 2. The Morgan fingerprint density at radius 1 is 0.929 bits per heavy atom. The number of carbonyl (C=O) groups excluding carboxylic acids is 2. The van der Waals surface area contributed by atoms with E-state index in [0.29, 0.717) is 41.7 Å². The molecule has 7 heteroatoms. The molecule has 0 radical (unpaired) electrons. The van der Waals surface area contributed by atoms with Crippen LogP contribution in [0.4, 0.5) is 5.69 Å². The molecule has 0 fully saturated rings. The Bertz CT molecular complexity index is 805. The quantitative estimate of drug-likeness (QED) is 0.631. The second-order valence-electron chi connectivity index (χ2n) is 5.73. The minimum atomic E-state index is -0.512. The molecule has 7 nitrogen and oxygen atoms in total. The molecule has 1 N–H and O–H groups in total. The minimum absolute atomic E-state index is 0.0222. The van der Waals surface area contributed by atoms with Crippen LogP contribution in [0.2, 0.25) is 0 Å². The van der Waals surface area contributed by atoms with Crippen LogP contribution in [0.1, 0.15) is 19.4 Å². The number of rotatable bonds is 10. The van der Waals surface area contributed by atoms with Crippen molar-refractivity contribution in [2.45, 2.75) is 20.3 Å². The van der Waals surface area contributed by atoms with E-state index in [-0.39, 0.29) is 13.0 Å². The van der Waals surface area contributed by atoms with E-state index in [1.807, 2.05) is 13.8 Å². The van der Waals surface area contributed by atoms with Gasteiger partial charge in [-0.05, 0) is 43.7 Å². The van der Waals surface area contributed by atoms with Crippen LogP contribution in [-0.4, -0.2) is 38.8 Å². The Kier molecular flexibility index (Phi) is 8.14. The Balaban J connectivity index is 1.89. The summed E-state index contributed by atoms with van der Waals surface area (Å²) < 4.78 is 21.3. The van der Waals surface area contributed by atoms with Crippen molar-refractivity contribution in [2.75, 3.05) is 32.2 Å². The molecule has 0 aliphatic carbocycles. The maximum atomic E-state index is 12.1. The number of methoxy groups -OCH3 is 1. The van der Waals surface area contributed by atoms with Gasteiger partial charge < -0.3 is 24.3 Å². The Hall–Kier alpha value is -3.22. The lowest BCUT2D eigenvalue weighted by Gasteiger charge is -2.12. The molecule has 0 bridgehead atoms. The second kappa shape index (κ2) is 10.8. The summed E-state index contributed by atoms with van der Waals surface area (Å²) in [4.78, 5) is 24.1. The molecule has 1 amide bonds. The van der Waals surface area contributed by atoms with Crippen LogP contribution in [0.5, 0.6) is 17.2 Å². The van der Waals surface area contributed by atoms with Crippen molar-refractivity contribution < 1.29 is 28.5 Å². The first-order valence-corrected chi connectivity index (χ1v) is 9.04. The Morgan fingerprint density at radius 3 is 2.36 bits per heavy atom. The van der Waals surface area contributed by atoms with Crippen molar-refractivity contribution in [3.63, 3.8) is 0 Å². The van der Waals surface area contributed by atoms with E-state index in [2.05, 4.69) is 5.32 Å². The van der Waals surface area contributed by atoms with Crippen LogP contribution in [0, 0.1) is 0 Å². The fourth-order valence-corrected chi connectivity index (χ4v) is 2.50. The number of nitrogens with one attached hydrogen (secondary N) is 1. The summed E-state index contributed by atoms with van der Waals surface area (Å²) >= 11 is 0. The third-order valence-electron chi connectivity index (χ3n) is 3.70. The first kappa shape index (κ1) is 21.1. The molecule has 0 saturated carbocycles. The standard InChI is InChI=1S/C21H25NO6/c1-4-26-18-11-10-15(12-19(18)27-5-2)13-21(24)28-14-20(23)22-16-8-6-7-9-17(16)25-3/h6-12H,4-5,13-14H2,1-3H3,(H,22,23). The molecule has 0 aromatic heterocycles. The van der Waals surface area contributed by atoms with Crippen molar-refractivity contribution in [2.24, 2.45) is 0 Å². The van der Waals surface area contributed by atoms with Gasteiger partial charge >= 0.3 is 5.97 Å². The molecule has 0 heterocycles. The van der Waals surface area contributed by atoms with Gasteiger partial charge in [-0.2, -0.15) is 0 Å². The molecule has 0 aliphatic heterocycles. The van der Waals surface area contributed by atoms with E-state index in [9.17, 15) is 9.59 Å². The third kappa shape index (κ3) is 6.19. The number of hydrogen-bond acceptors (Lipinski definition) is 6. The molecule has 0 spiro atoms. The first-order chi connectivity index (χ1) is 13.6. The maximum absolute atomic E-state index is 12.1. The van der Waals surface area contributed by atoms with E-state index in [1.165, 1.54) is 7.11 Å². The van der Waals surface area contributed by atoms with Crippen molar-refractivity contribution >= 4 is 17.6 Å². The molecule has 0 saturated heterocycles. The topological polar surface area (TPSA) is 83.1 Å². The summed E-state index contributed by atoms with van der Waals surface area (Å²) in [5.74, 6) is 0.766. The van der Waals surface area contributed by atoms with Gasteiger partial charge in [-0.25, -0.2) is 0 Å². The number of amides is 1. The second-order valence-corrected chi connectivity index (χ2v) is 5.73. The number of ether oxygens (including phenoxy) is 4. The van der Waals surface area contributed by atoms with E-state index in [0.717, 1.165) is 0 Å². The molecule has 0 aliphatic rings. The zero-order valence-corrected chi connectivity index (χ0v) is 16.3. The number of anilines is 1. The molecular weight excluding hydrogens is 362 g/mol. The third-order valence-corrected chi connectivity index (χ3v) is 3.70. The molecule has 0 atom stereocenters. The fraction of sp³-hybridized carbons (Fsp3) is 0.333. The summed E-state index contributed by atoms with van der Waals surface area (Å²) in [5, 5.41) is 2.65. The first-order valence-electron chi connectivity index (χ1n) is 9.04. The van der Waals surface area contributed by atoms with Gasteiger partial charge in [0.2, 0.25) is 0 Å². The van der Waals surface area contributed by atoms with Gasteiger partial charge in [-0.3, -0.25) is 9.59 Å². The Morgan fingerprint density at radius 2 is 1.64 bits per heavy atom. The zero-order chi connectivity index (χ0) is 20.4. The molecule has 0 unspecified atom stereocenters. The van der Waals surface area contributed by atoms with Crippen molar-refractivity contribution in [1.82, 2.24) is 0 Å². The van der Waals surface area contributed by atoms with Crippen LogP contribution in [0.3, 0.4) is 0 Å². The summed E-state index contributed by atoms with van der Waals surface area (Å²) in [6, 6.07) is 12.3. The highest BCUT2D eigenvalue weighted by Gasteiger charge is 2.13. The molecular formula is C21H25NO6. The molecule has 2 aromatic rings. The van der Waals surface area contributed by atoms with Crippen LogP contribution in [-0.2, 0) is 20.7 Å². The maximum Gasteiger partial charge on any atom is 0.310 e. The van der Waals surface area contributed by atoms with Gasteiger partial charge in [0.15, 0.2) is 18.1 Å². The highest BCUT2D eigenvalue weighted by Crippen LogP contribution is 2.29. The number of para-hydroxylation sites is 2.